The maximum Gasteiger partial charge on any atom is 0.286 e. The molecule has 7 heteroatoms. The van der Waals surface area contributed by atoms with Gasteiger partial charge in [-0.2, -0.15) is 8.42 Å². The molecule has 0 aliphatic rings. The quantitative estimate of drug-likeness (QED) is 0.359. The second-order valence-corrected chi connectivity index (χ2v) is 5.13. The van der Waals surface area contributed by atoms with Gasteiger partial charge in [0.1, 0.15) is 0 Å². The molecule has 0 radical (unpaired) electrons. The second kappa shape index (κ2) is 5.92. The van der Waals surface area contributed by atoms with Crippen molar-refractivity contribution < 1.29 is 13.0 Å². The van der Waals surface area contributed by atoms with E-state index < -0.39 is 15.5 Å². The molecular weight excluding hydrogens is 218 g/mol. The van der Waals surface area contributed by atoms with Crippen molar-refractivity contribution in [3.05, 3.63) is 0 Å². The van der Waals surface area contributed by atoms with E-state index in [0.717, 1.165) is 6.42 Å². The Bertz CT molecular complexity index is 311. The van der Waals surface area contributed by atoms with E-state index in [-0.39, 0.29) is 11.9 Å². The molecule has 6 nitrogen and oxygen atoms in total. The van der Waals surface area contributed by atoms with Gasteiger partial charge in [-0.15, -0.1) is 0 Å². The van der Waals surface area contributed by atoms with Crippen molar-refractivity contribution in [2.75, 3.05) is 6.54 Å². The molecule has 0 aromatic carbocycles. The van der Waals surface area contributed by atoms with Gasteiger partial charge >= 0.3 is 0 Å². The molecule has 0 rings (SSSR count). The first-order valence-corrected chi connectivity index (χ1v) is 6.32. The van der Waals surface area contributed by atoms with Crippen LogP contribution in [-0.4, -0.2) is 30.8 Å². The van der Waals surface area contributed by atoms with Gasteiger partial charge in [-0.25, -0.2) is 0 Å². The first-order chi connectivity index (χ1) is 6.79. The Morgan fingerprint density at radius 2 is 2.07 bits per heavy atom. The van der Waals surface area contributed by atoms with E-state index in [1.54, 1.807) is 13.8 Å². The molecule has 0 heterocycles. The Morgan fingerprint density at radius 1 is 1.53 bits per heavy atom. The summed E-state index contributed by atoms with van der Waals surface area (Å²) in [6.07, 6.45) is 0.820. The zero-order valence-corrected chi connectivity index (χ0v) is 10.1. The van der Waals surface area contributed by atoms with Crippen molar-refractivity contribution in [2.45, 2.75) is 32.6 Å². The number of hydrogen-bond acceptors (Lipinski definition) is 3. The lowest BCUT2D eigenvalue weighted by atomic mass is 10.2. The van der Waals surface area contributed by atoms with Crippen LogP contribution in [-0.2, 0) is 10.1 Å². The van der Waals surface area contributed by atoms with Crippen LogP contribution in [0.5, 0.6) is 0 Å². The molecule has 0 aromatic heterocycles. The van der Waals surface area contributed by atoms with E-state index in [4.69, 9.17) is 10.3 Å². The predicted molar refractivity (Wildman–Crippen MR) is 60.1 cm³/mol. The van der Waals surface area contributed by atoms with Crippen LogP contribution in [0, 0.1) is 5.92 Å². The number of guanidine groups is 1. The number of nitrogens with one attached hydrogen (secondary N) is 1. The number of nitrogens with zero attached hydrogens (tertiary/aromatic N) is 1. The maximum atomic E-state index is 11.0. The maximum absolute atomic E-state index is 11.0. The average molecular weight is 237 g/mol. The minimum Gasteiger partial charge on any atom is -0.370 e. The molecule has 15 heavy (non-hydrogen) atoms. The highest BCUT2D eigenvalue weighted by Crippen LogP contribution is 2.07. The molecule has 0 aliphatic carbocycles. The van der Waals surface area contributed by atoms with Crippen molar-refractivity contribution in [1.82, 2.24) is 5.32 Å². The minimum atomic E-state index is -4.16. The molecule has 0 aromatic rings. The van der Waals surface area contributed by atoms with E-state index in [1.165, 1.54) is 0 Å². The Kier molecular flexibility index (Phi) is 5.59. The van der Waals surface area contributed by atoms with Crippen LogP contribution in [0.2, 0.25) is 0 Å². The number of rotatable bonds is 5. The van der Waals surface area contributed by atoms with Crippen LogP contribution < -0.4 is 11.1 Å². The zero-order valence-electron chi connectivity index (χ0n) is 9.27. The summed E-state index contributed by atoms with van der Waals surface area (Å²) < 4.78 is 30.9. The van der Waals surface area contributed by atoms with Gasteiger partial charge in [0.25, 0.3) is 10.1 Å². The van der Waals surface area contributed by atoms with E-state index in [0.29, 0.717) is 6.54 Å². The molecule has 0 aliphatic heterocycles. The van der Waals surface area contributed by atoms with Gasteiger partial charge in [0.15, 0.2) is 11.3 Å². The second-order valence-electron chi connectivity index (χ2n) is 3.59. The minimum absolute atomic E-state index is 0.0353. The molecule has 0 bridgehead atoms. The Labute approximate surface area is 90.7 Å². The lowest BCUT2D eigenvalue weighted by Crippen LogP contribution is -2.47. The number of aliphatic imine (C=N–C) groups is 1. The van der Waals surface area contributed by atoms with Crippen LogP contribution in [0.15, 0.2) is 4.99 Å². The normalized spacial score (nSPS) is 15.4. The Balaban J connectivity index is 4.58. The van der Waals surface area contributed by atoms with Gasteiger partial charge in [0, 0.05) is 6.54 Å². The Morgan fingerprint density at radius 3 is 2.40 bits per heavy atom. The molecular formula is C8H19N3O3S. The van der Waals surface area contributed by atoms with Gasteiger partial charge in [-0.3, -0.25) is 9.55 Å². The standard InChI is InChI=1S/C8H19N3O3S/c1-4-5-10-8(9)11-7(6(2)3)15(12,13)14/h6-7H,4-5H2,1-3H3,(H3,9,10,11)(H,12,13,14). The third-order valence-corrected chi connectivity index (χ3v) is 3.03. The summed E-state index contributed by atoms with van der Waals surface area (Å²) in [5.74, 6) is -0.261. The van der Waals surface area contributed by atoms with Crippen molar-refractivity contribution >= 4 is 16.1 Å². The van der Waals surface area contributed by atoms with Crippen LogP contribution in [0.25, 0.3) is 0 Å². The SMILES string of the molecule is CCCN=C(N)NC(C(C)C)S(=O)(=O)O. The van der Waals surface area contributed by atoms with Crippen molar-refractivity contribution in [3.63, 3.8) is 0 Å². The van der Waals surface area contributed by atoms with Crippen LogP contribution in [0.3, 0.4) is 0 Å². The van der Waals surface area contributed by atoms with Gasteiger partial charge in [-0.1, -0.05) is 20.8 Å². The smallest absolute Gasteiger partial charge is 0.286 e. The fourth-order valence-corrected chi connectivity index (χ4v) is 1.97. The molecule has 90 valence electrons. The lowest BCUT2D eigenvalue weighted by Gasteiger charge is -2.19. The zero-order chi connectivity index (χ0) is 12.1. The number of hydrogen-bond donors (Lipinski definition) is 3. The Hall–Kier alpha value is -0.820. The summed E-state index contributed by atoms with van der Waals surface area (Å²) in [4.78, 5) is 3.89. The third kappa shape index (κ3) is 5.58. The van der Waals surface area contributed by atoms with E-state index in [2.05, 4.69) is 10.3 Å². The summed E-state index contributed by atoms with van der Waals surface area (Å²) in [5, 5.41) is 1.37. The average Bonchev–Trinajstić information content (AvgIpc) is 2.08. The van der Waals surface area contributed by atoms with Crippen LogP contribution in [0.1, 0.15) is 27.2 Å². The molecule has 1 unspecified atom stereocenters. The van der Waals surface area contributed by atoms with Crippen molar-refractivity contribution in [2.24, 2.45) is 16.6 Å². The van der Waals surface area contributed by atoms with Crippen LogP contribution >= 0.6 is 0 Å². The highest BCUT2D eigenvalue weighted by atomic mass is 32.2. The summed E-state index contributed by atoms with van der Waals surface area (Å²) in [6, 6.07) is 0. The topological polar surface area (TPSA) is 105 Å². The molecule has 0 amide bonds. The number of nitrogens with two attached hydrogens (primary N) is 1. The molecule has 4 N–H and O–H groups in total. The fourth-order valence-electron chi connectivity index (χ4n) is 1.01. The molecule has 0 saturated heterocycles. The highest BCUT2D eigenvalue weighted by molar-refractivity contribution is 7.86. The highest BCUT2D eigenvalue weighted by Gasteiger charge is 2.26. The molecule has 0 saturated carbocycles. The summed E-state index contributed by atoms with van der Waals surface area (Å²) in [6.45, 7) is 5.78. The van der Waals surface area contributed by atoms with E-state index >= 15 is 0 Å². The molecule has 0 spiro atoms. The molecule has 0 fully saturated rings. The fraction of sp³-hybridized carbons (Fsp3) is 0.875. The van der Waals surface area contributed by atoms with E-state index in [9.17, 15) is 8.42 Å². The third-order valence-electron chi connectivity index (χ3n) is 1.72. The lowest BCUT2D eigenvalue weighted by molar-refractivity contribution is 0.432. The van der Waals surface area contributed by atoms with Gasteiger partial charge < -0.3 is 11.1 Å². The summed E-state index contributed by atoms with van der Waals surface area (Å²) in [5.41, 5.74) is 5.46. The van der Waals surface area contributed by atoms with Gasteiger partial charge in [-0.05, 0) is 12.3 Å². The predicted octanol–water partition coefficient (Wildman–Crippen LogP) is 0.171. The summed E-state index contributed by atoms with van der Waals surface area (Å²) in [7, 11) is -4.16. The van der Waals surface area contributed by atoms with Gasteiger partial charge in [0.2, 0.25) is 0 Å². The van der Waals surface area contributed by atoms with Gasteiger partial charge in [0.05, 0.1) is 0 Å². The largest absolute Gasteiger partial charge is 0.370 e. The van der Waals surface area contributed by atoms with Crippen LogP contribution in [0.4, 0.5) is 0 Å². The van der Waals surface area contributed by atoms with E-state index in [1.807, 2.05) is 6.92 Å². The molecule has 1 atom stereocenters. The monoisotopic (exact) mass is 237 g/mol. The summed E-state index contributed by atoms with van der Waals surface area (Å²) >= 11 is 0. The first-order valence-electron chi connectivity index (χ1n) is 4.81. The van der Waals surface area contributed by atoms with Crippen molar-refractivity contribution in [1.29, 1.82) is 0 Å². The first kappa shape index (κ1) is 14.2. The van der Waals surface area contributed by atoms with Crippen molar-refractivity contribution in [3.8, 4) is 0 Å².